The van der Waals surface area contributed by atoms with E-state index in [1.165, 1.54) is 6.07 Å². The first-order valence-corrected chi connectivity index (χ1v) is 13.4. The average molecular weight is 559 g/mol. The van der Waals surface area contributed by atoms with Gasteiger partial charge in [0, 0.05) is 40.7 Å². The molecule has 8 heteroatoms. The summed E-state index contributed by atoms with van der Waals surface area (Å²) < 4.78 is 1.15. The quantitative estimate of drug-likeness (QED) is 0.272. The van der Waals surface area contributed by atoms with Gasteiger partial charge in [0.2, 0.25) is 0 Å². The van der Waals surface area contributed by atoms with Gasteiger partial charge in [0.15, 0.2) is 0 Å². The van der Waals surface area contributed by atoms with Crippen LogP contribution in [-0.4, -0.2) is 54.1 Å². The minimum atomic E-state index is -0.388. The maximum absolute atomic E-state index is 13.0. The summed E-state index contributed by atoms with van der Waals surface area (Å²) in [6, 6.07) is 29.2. The van der Waals surface area contributed by atoms with Gasteiger partial charge < -0.3 is 10.6 Å². The van der Waals surface area contributed by atoms with Gasteiger partial charge in [0.25, 0.3) is 11.8 Å². The lowest BCUT2D eigenvalue weighted by Crippen LogP contribution is -2.35. The van der Waals surface area contributed by atoms with E-state index in [2.05, 4.69) is 43.9 Å². The standard InChI is InChI=1S/C34H32N6O2/c1-39(2,3)30-15-12-28(13-16-30)37-33(41)24-9-7-23(8-10-24)31-17-11-25(19-26(31)21-35)34(42)38-29-14-18-32(40(4,5)6)27(20-29)22-36/h7-20H,1-6H3/p+2. The number of benzene rings is 4. The Hall–Kier alpha value is -5.28. The molecule has 42 heavy (non-hydrogen) atoms. The predicted octanol–water partition coefficient (Wildman–Crippen LogP) is 5.99. The number of quaternary nitrogens is 2. The van der Waals surface area contributed by atoms with E-state index in [1.807, 2.05) is 51.5 Å². The fourth-order valence-corrected chi connectivity index (χ4v) is 4.52. The van der Waals surface area contributed by atoms with Crippen LogP contribution in [0.4, 0.5) is 22.7 Å². The van der Waals surface area contributed by atoms with Crippen molar-refractivity contribution in [2.75, 3.05) is 52.9 Å². The summed E-state index contributed by atoms with van der Waals surface area (Å²) in [4.78, 5) is 25.8. The van der Waals surface area contributed by atoms with E-state index in [-0.39, 0.29) is 11.8 Å². The summed E-state index contributed by atoms with van der Waals surface area (Å²) in [5.41, 5.74) is 6.16. The summed E-state index contributed by atoms with van der Waals surface area (Å²) >= 11 is 0. The van der Waals surface area contributed by atoms with Crippen molar-refractivity contribution < 1.29 is 9.59 Å². The highest BCUT2D eigenvalue weighted by atomic mass is 16.2. The Morgan fingerprint density at radius 1 is 0.595 bits per heavy atom. The molecular weight excluding hydrogens is 524 g/mol. The van der Waals surface area contributed by atoms with Crippen molar-refractivity contribution in [1.29, 1.82) is 10.5 Å². The lowest BCUT2D eigenvalue weighted by Gasteiger charge is -2.24. The van der Waals surface area contributed by atoms with Gasteiger partial charge in [-0.15, -0.1) is 0 Å². The van der Waals surface area contributed by atoms with Crippen molar-refractivity contribution >= 4 is 34.6 Å². The zero-order chi connectivity index (χ0) is 30.7. The molecule has 4 rings (SSSR count). The van der Waals surface area contributed by atoms with Crippen LogP contribution in [0, 0.1) is 22.7 Å². The van der Waals surface area contributed by atoms with Gasteiger partial charge >= 0.3 is 0 Å². The summed E-state index contributed by atoms with van der Waals surface area (Å²) in [7, 11) is 12.1. The van der Waals surface area contributed by atoms with Gasteiger partial charge in [-0.3, -0.25) is 18.6 Å². The number of anilines is 2. The zero-order valence-electron chi connectivity index (χ0n) is 24.7. The monoisotopic (exact) mass is 558 g/mol. The maximum Gasteiger partial charge on any atom is 0.255 e. The van der Waals surface area contributed by atoms with Gasteiger partial charge in [0.1, 0.15) is 23.0 Å². The lowest BCUT2D eigenvalue weighted by atomic mass is 9.97. The number of hydrogen-bond acceptors (Lipinski definition) is 4. The Morgan fingerprint density at radius 3 is 1.71 bits per heavy atom. The third-order valence-electron chi connectivity index (χ3n) is 6.86. The summed E-state index contributed by atoms with van der Waals surface area (Å²) in [5, 5.41) is 25.2. The molecule has 0 unspecified atom stereocenters. The number of carbonyl (C=O) groups excluding carboxylic acids is 2. The summed E-state index contributed by atoms with van der Waals surface area (Å²) in [6.45, 7) is 0. The predicted molar refractivity (Wildman–Crippen MR) is 169 cm³/mol. The molecule has 0 heterocycles. The van der Waals surface area contributed by atoms with E-state index in [0.717, 1.165) is 16.9 Å². The Bertz CT molecular complexity index is 1730. The minimum Gasteiger partial charge on any atom is -0.322 e. The van der Waals surface area contributed by atoms with Gasteiger partial charge in [-0.1, -0.05) is 18.2 Å². The molecule has 2 amide bonds. The van der Waals surface area contributed by atoms with Crippen molar-refractivity contribution in [3.05, 3.63) is 107 Å². The van der Waals surface area contributed by atoms with Gasteiger partial charge in [-0.25, -0.2) is 0 Å². The number of rotatable bonds is 7. The highest BCUT2D eigenvalue weighted by Crippen LogP contribution is 2.28. The molecule has 0 saturated carbocycles. The van der Waals surface area contributed by atoms with Crippen LogP contribution in [-0.2, 0) is 0 Å². The molecular formula is C34H34N6O2+2. The minimum absolute atomic E-state index is 0.235. The highest BCUT2D eigenvalue weighted by Gasteiger charge is 2.19. The topological polar surface area (TPSA) is 106 Å². The van der Waals surface area contributed by atoms with Crippen molar-refractivity contribution in [3.63, 3.8) is 0 Å². The first-order chi connectivity index (χ1) is 19.8. The van der Waals surface area contributed by atoms with Crippen LogP contribution >= 0.6 is 0 Å². The van der Waals surface area contributed by atoms with E-state index >= 15 is 0 Å². The van der Waals surface area contributed by atoms with Crippen molar-refractivity contribution in [2.45, 2.75) is 0 Å². The largest absolute Gasteiger partial charge is 0.322 e. The molecule has 8 nitrogen and oxygen atoms in total. The van der Waals surface area contributed by atoms with Crippen LogP contribution < -0.4 is 19.6 Å². The van der Waals surface area contributed by atoms with E-state index in [0.29, 0.717) is 48.2 Å². The van der Waals surface area contributed by atoms with Crippen molar-refractivity contribution in [2.24, 2.45) is 0 Å². The molecule has 0 aliphatic carbocycles. The molecule has 0 aromatic heterocycles. The van der Waals surface area contributed by atoms with Crippen molar-refractivity contribution in [1.82, 2.24) is 8.97 Å². The van der Waals surface area contributed by atoms with E-state index in [4.69, 9.17) is 0 Å². The fraction of sp³-hybridized carbons (Fsp3) is 0.176. The van der Waals surface area contributed by atoms with Crippen molar-refractivity contribution in [3.8, 4) is 23.3 Å². The zero-order valence-corrected chi connectivity index (χ0v) is 24.7. The Labute approximate surface area is 246 Å². The van der Waals surface area contributed by atoms with Gasteiger partial charge in [-0.05, 0) is 59.7 Å². The Morgan fingerprint density at radius 2 is 1.14 bits per heavy atom. The SMILES string of the molecule is C[N+](C)(C)c1ccc(NC(=O)c2ccc(-c3ccc(C(=O)Nc4ccc([N+](C)(C)C)c(C#N)c4)cc3C#N)cc2)cc1. The van der Waals surface area contributed by atoms with Gasteiger partial charge in [0.05, 0.1) is 53.9 Å². The average Bonchev–Trinajstić information content (AvgIpc) is 2.96. The second-order valence-electron chi connectivity index (χ2n) is 11.8. The smallest absolute Gasteiger partial charge is 0.255 e. The number of carbonyl (C=O) groups is 2. The fourth-order valence-electron chi connectivity index (χ4n) is 4.52. The molecule has 0 aliphatic heterocycles. The second-order valence-corrected chi connectivity index (χ2v) is 11.8. The molecule has 0 spiro atoms. The molecule has 0 saturated heterocycles. The third kappa shape index (κ3) is 6.71. The van der Waals surface area contributed by atoms with Crippen LogP contribution in [0.2, 0.25) is 0 Å². The maximum atomic E-state index is 13.0. The lowest BCUT2D eigenvalue weighted by molar-refractivity contribution is 0.101. The van der Waals surface area contributed by atoms with Crippen LogP contribution in [0.3, 0.4) is 0 Å². The van der Waals surface area contributed by atoms with E-state index < -0.39 is 0 Å². The third-order valence-corrected chi connectivity index (χ3v) is 6.86. The molecule has 0 aliphatic rings. The molecule has 210 valence electrons. The number of amides is 2. The van der Waals surface area contributed by atoms with E-state index in [9.17, 15) is 20.1 Å². The molecule has 2 N–H and O–H groups in total. The highest BCUT2D eigenvalue weighted by molar-refractivity contribution is 6.06. The van der Waals surface area contributed by atoms with Gasteiger partial charge in [-0.2, -0.15) is 10.5 Å². The van der Waals surface area contributed by atoms with Crippen LogP contribution in [0.15, 0.2) is 84.9 Å². The van der Waals surface area contributed by atoms with Crippen LogP contribution in [0.5, 0.6) is 0 Å². The molecule has 4 aromatic carbocycles. The molecule has 0 atom stereocenters. The molecule has 4 aromatic rings. The molecule has 0 fully saturated rings. The molecule has 0 radical (unpaired) electrons. The van der Waals surface area contributed by atoms with Crippen LogP contribution in [0.1, 0.15) is 31.8 Å². The Balaban J connectivity index is 1.49. The first-order valence-electron chi connectivity index (χ1n) is 13.4. The molecule has 0 bridgehead atoms. The van der Waals surface area contributed by atoms with E-state index in [1.54, 1.807) is 48.5 Å². The number of nitriles is 2. The second kappa shape index (κ2) is 11.7. The normalized spacial score (nSPS) is 11.2. The number of hydrogen-bond donors (Lipinski definition) is 2. The Kier molecular flexibility index (Phi) is 8.26. The number of nitrogens with zero attached hydrogens (tertiary/aromatic N) is 4. The number of nitrogens with one attached hydrogen (secondary N) is 2. The summed E-state index contributed by atoms with van der Waals surface area (Å²) in [5.74, 6) is -0.623. The summed E-state index contributed by atoms with van der Waals surface area (Å²) in [6.07, 6.45) is 0. The first kappa shape index (κ1) is 29.7. The van der Waals surface area contributed by atoms with Crippen LogP contribution in [0.25, 0.3) is 11.1 Å².